The molecule has 2 heterocycles. The molecule has 0 amide bonds. The zero-order chi connectivity index (χ0) is 27.5. The van der Waals surface area contributed by atoms with Gasteiger partial charge < -0.3 is 9.72 Å². The van der Waals surface area contributed by atoms with E-state index in [1.165, 1.54) is 16.7 Å². The van der Waals surface area contributed by atoms with E-state index in [1.807, 2.05) is 13.8 Å². The van der Waals surface area contributed by atoms with Crippen LogP contribution in [0.3, 0.4) is 0 Å². The first-order valence-corrected chi connectivity index (χ1v) is 14.0. The van der Waals surface area contributed by atoms with Crippen LogP contribution in [-0.2, 0) is 21.5 Å². The number of benzene rings is 1. The molecule has 0 saturated carbocycles. The maximum atomic E-state index is 13.1. The minimum atomic E-state index is -0.181. The fourth-order valence-electron chi connectivity index (χ4n) is 5.58. The van der Waals surface area contributed by atoms with E-state index in [0.717, 1.165) is 56.7 Å². The number of ketones is 1. The Morgan fingerprint density at radius 2 is 1.89 bits per heavy atom. The third-order valence-electron chi connectivity index (χ3n) is 8.27. The van der Waals surface area contributed by atoms with E-state index in [0.29, 0.717) is 30.8 Å². The Kier molecular flexibility index (Phi) is 8.58. The number of hydrogen-bond acceptors (Lipinski definition) is 6. The van der Waals surface area contributed by atoms with E-state index in [-0.39, 0.29) is 17.3 Å². The number of imidazole rings is 1. The Labute approximate surface area is 227 Å². The maximum absolute atomic E-state index is 13.1. The van der Waals surface area contributed by atoms with Crippen molar-refractivity contribution in [2.24, 2.45) is 5.41 Å². The second-order valence-electron chi connectivity index (χ2n) is 12.1. The van der Waals surface area contributed by atoms with Crippen LogP contribution in [0.1, 0.15) is 86.9 Å². The fraction of sp³-hybridized carbons (Fsp3) is 0.581. The summed E-state index contributed by atoms with van der Waals surface area (Å²) in [6.07, 6.45) is 7.62. The number of Topliss-reactive ketones (excluding diaryl/α,β-unsaturated/α-hetero) is 1. The predicted molar refractivity (Wildman–Crippen MR) is 151 cm³/mol. The summed E-state index contributed by atoms with van der Waals surface area (Å²) in [5.74, 6) is 0.293. The molecule has 1 aliphatic heterocycles. The number of aryl methyl sites for hydroxylation is 1. The second-order valence-corrected chi connectivity index (χ2v) is 12.1. The molecule has 0 spiro atoms. The zero-order valence-corrected chi connectivity index (χ0v) is 24.0. The van der Waals surface area contributed by atoms with Crippen molar-refractivity contribution in [1.29, 1.82) is 0 Å². The highest BCUT2D eigenvalue weighted by atomic mass is 16.5. The molecule has 2 aromatic rings. The quantitative estimate of drug-likeness (QED) is 0.364. The number of allylic oxidation sites excluding steroid dienone is 2. The lowest BCUT2D eigenvalue weighted by atomic mass is 9.75. The number of hydrogen-bond donors (Lipinski definition) is 1. The van der Waals surface area contributed by atoms with Gasteiger partial charge in [-0.1, -0.05) is 32.1 Å². The molecule has 0 bridgehead atoms. The fourth-order valence-corrected chi connectivity index (χ4v) is 5.58. The molecule has 38 heavy (non-hydrogen) atoms. The molecule has 7 heteroatoms. The van der Waals surface area contributed by atoms with Crippen molar-refractivity contribution in [2.75, 3.05) is 39.3 Å². The van der Waals surface area contributed by atoms with Crippen molar-refractivity contribution in [3.8, 4) is 0 Å². The SMILES string of the molecule is CCOC(=O)CN1CCN(C(C)(C)c2ccc(CC(=O)c3ncc(C)[nH]3)c(C3=CCC(C)(C)CC3)c2)CC1. The topological polar surface area (TPSA) is 78.5 Å². The first-order chi connectivity index (χ1) is 18.0. The monoisotopic (exact) mass is 520 g/mol. The number of carbonyl (C=O) groups excluding carboxylic acids is 2. The average molecular weight is 521 g/mol. The van der Waals surface area contributed by atoms with Gasteiger partial charge in [0.15, 0.2) is 5.82 Å². The predicted octanol–water partition coefficient (Wildman–Crippen LogP) is 5.15. The minimum absolute atomic E-state index is 0.0146. The molecule has 1 aromatic carbocycles. The Morgan fingerprint density at radius 1 is 1.16 bits per heavy atom. The number of nitrogens with zero attached hydrogens (tertiary/aromatic N) is 3. The number of aromatic amines is 1. The lowest BCUT2D eigenvalue weighted by Gasteiger charge is -2.44. The number of ether oxygens (including phenoxy) is 1. The molecule has 206 valence electrons. The van der Waals surface area contributed by atoms with Gasteiger partial charge in [-0.15, -0.1) is 0 Å². The molecule has 4 rings (SSSR count). The summed E-state index contributed by atoms with van der Waals surface area (Å²) in [6, 6.07) is 6.67. The van der Waals surface area contributed by atoms with Crippen molar-refractivity contribution in [3.05, 3.63) is 58.7 Å². The lowest BCUT2D eigenvalue weighted by molar-refractivity contribution is -0.145. The van der Waals surface area contributed by atoms with Crippen LogP contribution < -0.4 is 0 Å². The van der Waals surface area contributed by atoms with Gasteiger partial charge in [0.1, 0.15) is 0 Å². The van der Waals surface area contributed by atoms with Gasteiger partial charge in [0.2, 0.25) is 5.78 Å². The van der Waals surface area contributed by atoms with E-state index < -0.39 is 0 Å². The Balaban J connectivity index is 1.57. The van der Waals surface area contributed by atoms with E-state index in [2.05, 4.69) is 71.7 Å². The minimum Gasteiger partial charge on any atom is -0.465 e. The summed E-state index contributed by atoms with van der Waals surface area (Å²) in [5.41, 5.74) is 5.88. The van der Waals surface area contributed by atoms with Crippen LogP contribution in [0.2, 0.25) is 0 Å². The van der Waals surface area contributed by atoms with Crippen LogP contribution in [0.15, 0.2) is 30.5 Å². The molecule has 1 saturated heterocycles. The third kappa shape index (κ3) is 6.62. The summed E-state index contributed by atoms with van der Waals surface area (Å²) in [5, 5.41) is 0. The van der Waals surface area contributed by atoms with Gasteiger partial charge in [0, 0.05) is 50.0 Å². The van der Waals surface area contributed by atoms with Crippen LogP contribution in [0.4, 0.5) is 0 Å². The largest absolute Gasteiger partial charge is 0.465 e. The molecule has 1 aliphatic carbocycles. The van der Waals surface area contributed by atoms with Gasteiger partial charge in [-0.3, -0.25) is 19.4 Å². The average Bonchev–Trinajstić information content (AvgIpc) is 3.31. The summed E-state index contributed by atoms with van der Waals surface area (Å²) in [7, 11) is 0. The van der Waals surface area contributed by atoms with Crippen molar-refractivity contribution in [2.45, 2.75) is 72.8 Å². The number of piperazine rings is 1. The summed E-state index contributed by atoms with van der Waals surface area (Å²) in [6.45, 7) is 17.2. The maximum Gasteiger partial charge on any atom is 0.320 e. The molecule has 1 fully saturated rings. The number of H-pyrrole nitrogens is 1. The van der Waals surface area contributed by atoms with Crippen LogP contribution in [0.25, 0.3) is 5.57 Å². The normalized spacial score (nSPS) is 18.7. The molecule has 2 aliphatic rings. The molecule has 1 N–H and O–H groups in total. The van der Waals surface area contributed by atoms with Gasteiger partial charge in [0.25, 0.3) is 0 Å². The van der Waals surface area contributed by atoms with E-state index in [9.17, 15) is 9.59 Å². The van der Waals surface area contributed by atoms with Gasteiger partial charge in [0.05, 0.1) is 13.2 Å². The molecule has 1 aromatic heterocycles. The molecular formula is C31H44N4O3. The second kappa shape index (κ2) is 11.5. The zero-order valence-electron chi connectivity index (χ0n) is 24.0. The van der Waals surface area contributed by atoms with Gasteiger partial charge in [-0.25, -0.2) is 4.98 Å². The van der Waals surface area contributed by atoms with E-state index in [1.54, 1.807) is 6.20 Å². The van der Waals surface area contributed by atoms with Gasteiger partial charge in [-0.2, -0.15) is 0 Å². The Morgan fingerprint density at radius 3 is 2.50 bits per heavy atom. The van der Waals surface area contributed by atoms with Gasteiger partial charge in [-0.05, 0) is 80.7 Å². The summed E-state index contributed by atoms with van der Waals surface area (Å²) >= 11 is 0. The van der Waals surface area contributed by atoms with E-state index >= 15 is 0 Å². The van der Waals surface area contributed by atoms with Crippen LogP contribution in [-0.4, -0.2) is 70.9 Å². The number of aromatic nitrogens is 2. The smallest absolute Gasteiger partial charge is 0.320 e. The molecule has 0 radical (unpaired) electrons. The highest BCUT2D eigenvalue weighted by Gasteiger charge is 2.33. The van der Waals surface area contributed by atoms with Crippen molar-refractivity contribution in [1.82, 2.24) is 19.8 Å². The lowest BCUT2D eigenvalue weighted by Crippen LogP contribution is -2.54. The standard InChI is InChI=1S/C31H44N4O3/c1-7-38-28(37)21-34-14-16-35(17-15-34)31(5,6)25-9-8-24(18-27(36)29-32-20-22(2)33-29)26(19-25)23-10-12-30(3,4)13-11-23/h8-10,19-20H,7,11-18,21H2,1-6H3,(H,32,33). The molecule has 0 atom stereocenters. The molecule has 7 nitrogen and oxygen atoms in total. The Hall–Kier alpha value is -2.77. The van der Waals surface area contributed by atoms with Gasteiger partial charge >= 0.3 is 5.97 Å². The number of nitrogens with one attached hydrogen (secondary N) is 1. The van der Waals surface area contributed by atoms with Crippen molar-refractivity contribution in [3.63, 3.8) is 0 Å². The molecular weight excluding hydrogens is 476 g/mol. The number of carbonyl (C=O) groups is 2. The van der Waals surface area contributed by atoms with Crippen molar-refractivity contribution >= 4 is 17.3 Å². The van der Waals surface area contributed by atoms with Crippen LogP contribution in [0.5, 0.6) is 0 Å². The highest BCUT2D eigenvalue weighted by molar-refractivity contribution is 5.95. The third-order valence-corrected chi connectivity index (χ3v) is 8.27. The van der Waals surface area contributed by atoms with Crippen LogP contribution >= 0.6 is 0 Å². The molecule has 0 unspecified atom stereocenters. The van der Waals surface area contributed by atoms with Crippen molar-refractivity contribution < 1.29 is 14.3 Å². The number of esters is 1. The summed E-state index contributed by atoms with van der Waals surface area (Å²) < 4.78 is 5.13. The van der Waals surface area contributed by atoms with E-state index in [4.69, 9.17) is 4.74 Å². The Bertz CT molecular complexity index is 1190. The van der Waals surface area contributed by atoms with Crippen LogP contribution in [0, 0.1) is 12.3 Å². The first kappa shape index (κ1) is 28.2. The summed E-state index contributed by atoms with van der Waals surface area (Å²) in [4.78, 5) is 37.0. The number of rotatable bonds is 9. The highest BCUT2D eigenvalue weighted by Crippen LogP contribution is 2.40. The first-order valence-electron chi connectivity index (χ1n) is 14.0.